The zero-order chi connectivity index (χ0) is 12.4. The smallest absolute Gasteiger partial charge is 0.323 e. The summed E-state index contributed by atoms with van der Waals surface area (Å²) >= 11 is 0. The third-order valence-electron chi connectivity index (χ3n) is 3.23. The maximum Gasteiger partial charge on any atom is 0.323 e. The van der Waals surface area contributed by atoms with Crippen LogP contribution in [-0.4, -0.2) is 30.1 Å². The maximum absolute atomic E-state index is 11.6. The van der Waals surface area contributed by atoms with Gasteiger partial charge in [0.05, 0.1) is 0 Å². The normalized spacial score (nSPS) is 24.1. The van der Waals surface area contributed by atoms with E-state index in [1.54, 1.807) is 0 Å². The Morgan fingerprint density at radius 1 is 1.35 bits per heavy atom. The fraction of sp³-hybridized carbons (Fsp3) is 0.500. The standard InChI is InChI=1S/C14H19NO2/c1-10-4-6-12(7-5-10)9-15(3)13-8-11(2)17-14(13)16/h4-7,11,13H,8-9H2,1-3H3/t11-,13-/m1/s1. The van der Waals surface area contributed by atoms with Crippen molar-refractivity contribution in [1.29, 1.82) is 0 Å². The molecule has 0 saturated carbocycles. The van der Waals surface area contributed by atoms with Crippen LogP contribution in [-0.2, 0) is 16.1 Å². The molecule has 0 aliphatic carbocycles. The molecule has 1 fully saturated rings. The molecule has 92 valence electrons. The Kier molecular flexibility index (Phi) is 3.48. The van der Waals surface area contributed by atoms with E-state index in [0.717, 1.165) is 13.0 Å². The Bertz CT molecular complexity index is 399. The second-order valence-corrected chi connectivity index (χ2v) is 4.90. The number of carbonyl (C=O) groups is 1. The topological polar surface area (TPSA) is 29.5 Å². The Labute approximate surface area is 102 Å². The summed E-state index contributed by atoms with van der Waals surface area (Å²) in [5.74, 6) is -0.0906. The average Bonchev–Trinajstić information content (AvgIpc) is 2.61. The molecule has 0 bridgehead atoms. The van der Waals surface area contributed by atoms with Crippen molar-refractivity contribution in [2.45, 2.75) is 39.0 Å². The molecule has 0 spiro atoms. The Balaban J connectivity index is 1.99. The lowest BCUT2D eigenvalue weighted by Crippen LogP contribution is -2.34. The molecule has 1 aliphatic rings. The van der Waals surface area contributed by atoms with E-state index in [2.05, 4.69) is 36.1 Å². The number of aryl methyl sites for hydroxylation is 1. The minimum Gasteiger partial charge on any atom is -0.461 e. The predicted molar refractivity (Wildman–Crippen MR) is 66.6 cm³/mol. The van der Waals surface area contributed by atoms with E-state index < -0.39 is 0 Å². The van der Waals surface area contributed by atoms with Crippen LogP contribution in [0.25, 0.3) is 0 Å². The number of carbonyl (C=O) groups excluding carboxylic acids is 1. The van der Waals surface area contributed by atoms with Gasteiger partial charge in [0.1, 0.15) is 12.1 Å². The summed E-state index contributed by atoms with van der Waals surface area (Å²) in [6.07, 6.45) is 0.842. The summed E-state index contributed by atoms with van der Waals surface area (Å²) in [6.45, 7) is 4.80. The van der Waals surface area contributed by atoms with Crippen LogP contribution < -0.4 is 0 Å². The van der Waals surface area contributed by atoms with E-state index in [9.17, 15) is 4.79 Å². The molecular weight excluding hydrogens is 214 g/mol. The van der Waals surface area contributed by atoms with Crippen LogP contribution in [0.4, 0.5) is 0 Å². The lowest BCUT2D eigenvalue weighted by Gasteiger charge is -2.21. The second kappa shape index (κ2) is 4.88. The van der Waals surface area contributed by atoms with Crippen molar-refractivity contribution in [2.75, 3.05) is 7.05 Å². The van der Waals surface area contributed by atoms with E-state index in [1.165, 1.54) is 11.1 Å². The quantitative estimate of drug-likeness (QED) is 0.749. The van der Waals surface area contributed by atoms with Crippen molar-refractivity contribution in [3.63, 3.8) is 0 Å². The molecule has 1 aromatic rings. The maximum atomic E-state index is 11.6. The van der Waals surface area contributed by atoms with Crippen molar-refractivity contribution in [1.82, 2.24) is 4.90 Å². The number of esters is 1. The van der Waals surface area contributed by atoms with Crippen molar-refractivity contribution in [2.24, 2.45) is 0 Å². The number of hydrogen-bond donors (Lipinski definition) is 0. The molecule has 1 heterocycles. The number of hydrogen-bond acceptors (Lipinski definition) is 3. The minimum absolute atomic E-state index is 0.0490. The summed E-state index contributed by atoms with van der Waals surface area (Å²) in [7, 11) is 1.98. The SMILES string of the molecule is Cc1ccc(CN(C)[C@@H]2C[C@@H](C)OC2=O)cc1. The fourth-order valence-corrected chi connectivity index (χ4v) is 2.19. The Morgan fingerprint density at radius 3 is 2.53 bits per heavy atom. The fourth-order valence-electron chi connectivity index (χ4n) is 2.19. The van der Waals surface area contributed by atoms with Gasteiger partial charge in [0.25, 0.3) is 0 Å². The molecule has 0 unspecified atom stereocenters. The monoisotopic (exact) mass is 233 g/mol. The molecule has 2 rings (SSSR count). The van der Waals surface area contributed by atoms with E-state index in [4.69, 9.17) is 4.74 Å². The highest BCUT2D eigenvalue weighted by Gasteiger charge is 2.34. The van der Waals surface area contributed by atoms with Gasteiger partial charge in [0.2, 0.25) is 0 Å². The van der Waals surface area contributed by atoms with Gasteiger partial charge in [0.15, 0.2) is 0 Å². The van der Waals surface area contributed by atoms with Gasteiger partial charge in [-0.3, -0.25) is 9.69 Å². The van der Waals surface area contributed by atoms with Crippen LogP contribution in [0.2, 0.25) is 0 Å². The van der Waals surface area contributed by atoms with Gasteiger partial charge in [-0.1, -0.05) is 29.8 Å². The van der Waals surface area contributed by atoms with Gasteiger partial charge < -0.3 is 4.74 Å². The summed E-state index contributed by atoms with van der Waals surface area (Å²) in [4.78, 5) is 13.7. The van der Waals surface area contributed by atoms with Crippen LogP contribution in [0.1, 0.15) is 24.5 Å². The molecule has 0 aromatic heterocycles. The number of benzene rings is 1. The van der Waals surface area contributed by atoms with Gasteiger partial charge in [-0.15, -0.1) is 0 Å². The van der Waals surface area contributed by atoms with E-state index in [-0.39, 0.29) is 18.1 Å². The summed E-state index contributed by atoms with van der Waals surface area (Å²) in [5, 5.41) is 0. The molecule has 1 saturated heterocycles. The lowest BCUT2D eigenvalue weighted by atomic mass is 10.1. The average molecular weight is 233 g/mol. The second-order valence-electron chi connectivity index (χ2n) is 4.90. The zero-order valence-electron chi connectivity index (χ0n) is 10.6. The predicted octanol–water partition coefficient (Wildman–Crippen LogP) is 2.13. The number of likely N-dealkylation sites (N-methyl/N-ethyl adjacent to an activating group) is 1. The van der Waals surface area contributed by atoms with Gasteiger partial charge in [-0.05, 0) is 26.5 Å². The Hall–Kier alpha value is -1.35. The van der Waals surface area contributed by atoms with Crippen molar-refractivity contribution >= 4 is 5.97 Å². The van der Waals surface area contributed by atoms with Crippen LogP contribution in [0.15, 0.2) is 24.3 Å². The third kappa shape index (κ3) is 2.86. The van der Waals surface area contributed by atoms with Crippen molar-refractivity contribution in [3.05, 3.63) is 35.4 Å². The summed E-state index contributed by atoms with van der Waals surface area (Å²) in [5.41, 5.74) is 2.48. The molecule has 0 amide bonds. The number of cyclic esters (lactones) is 1. The molecule has 0 N–H and O–H groups in total. The van der Waals surface area contributed by atoms with Crippen LogP contribution >= 0.6 is 0 Å². The third-order valence-corrected chi connectivity index (χ3v) is 3.23. The highest BCUT2D eigenvalue weighted by Crippen LogP contribution is 2.20. The Morgan fingerprint density at radius 2 is 2.00 bits per heavy atom. The first-order valence-corrected chi connectivity index (χ1v) is 6.02. The zero-order valence-corrected chi connectivity index (χ0v) is 10.6. The lowest BCUT2D eigenvalue weighted by molar-refractivity contribution is -0.144. The number of nitrogens with zero attached hydrogens (tertiary/aromatic N) is 1. The van der Waals surface area contributed by atoms with Crippen LogP contribution in [0, 0.1) is 6.92 Å². The molecule has 2 atom stereocenters. The largest absolute Gasteiger partial charge is 0.461 e. The highest BCUT2D eigenvalue weighted by molar-refractivity contribution is 5.77. The number of ether oxygens (including phenoxy) is 1. The van der Waals surface area contributed by atoms with Crippen molar-refractivity contribution < 1.29 is 9.53 Å². The van der Waals surface area contributed by atoms with Gasteiger partial charge in [0, 0.05) is 13.0 Å². The minimum atomic E-state index is -0.0914. The first-order valence-electron chi connectivity index (χ1n) is 6.02. The van der Waals surface area contributed by atoms with Crippen LogP contribution in [0.5, 0.6) is 0 Å². The molecule has 3 nitrogen and oxygen atoms in total. The first kappa shape index (κ1) is 12.1. The highest BCUT2D eigenvalue weighted by atomic mass is 16.6. The molecule has 1 aliphatic heterocycles. The van der Waals surface area contributed by atoms with Gasteiger partial charge >= 0.3 is 5.97 Å². The first-order chi connectivity index (χ1) is 8.06. The van der Waals surface area contributed by atoms with E-state index in [0.29, 0.717) is 0 Å². The summed E-state index contributed by atoms with van der Waals surface area (Å²) in [6, 6.07) is 8.31. The van der Waals surface area contributed by atoms with Gasteiger partial charge in [-0.2, -0.15) is 0 Å². The molecule has 3 heteroatoms. The molecule has 1 aromatic carbocycles. The van der Waals surface area contributed by atoms with E-state index >= 15 is 0 Å². The van der Waals surface area contributed by atoms with Gasteiger partial charge in [-0.25, -0.2) is 0 Å². The van der Waals surface area contributed by atoms with Crippen molar-refractivity contribution in [3.8, 4) is 0 Å². The van der Waals surface area contributed by atoms with Crippen LogP contribution in [0.3, 0.4) is 0 Å². The molecule has 0 radical (unpaired) electrons. The number of rotatable bonds is 3. The molecule has 17 heavy (non-hydrogen) atoms. The summed E-state index contributed by atoms with van der Waals surface area (Å²) < 4.78 is 5.17. The molecular formula is C14H19NO2. The van der Waals surface area contributed by atoms with E-state index in [1.807, 2.05) is 14.0 Å².